The molecule has 110 valence electrons. The molecule has 1 aromatic carbocycles. The minimum Gasteiger partial charge on any atom is -0.398 e. The van der Waals surface area contributed by atoms with E-state index in [0.717, 1.165) is 12.2 Å². The fraction of sp³-hybridized carbons (Fsp3) is 0.538. The molecular weight excluding hydrogens is 276 g/mol. The van der Waals surface area contributed by atoms with Gasteiger partial charge >= 0.3 is 0 Å². The number of hydrogen-bond acceptors (Lipinski definition) is 5. The predicted molar refractivity (Wildman–Crippen MR) is 78.8 cm³/mol. The number of primary sulfonamides is 1. The second-order valence-electron chi connectivity index (χ2n) is 5.69. The van der Waals surface area contributed by atoms with Crippen molar-refractivity contribution in [1.82, 2.24) is 4.90 Å². The Morgan fingerprint density at radius 1 is 1.25 bits per heavy atom. The van der Waals surface area contributed by atoms with Crippen LogP contribution >= 0.6 is 0 Å². The highest BCUT2D eigenvalue weighted by molar-refractivity contribution is 7.89. The SMILES string of the molecule is Nc1cc(NC2CN3CCC2CC3)ccc1S(N)(=O)=O. The molecule has 5 N–H and O–H groups in total. The summed E-state index contributed by atoms with van der Waals surface area (Å²) in [4.78, 5) is 2.44. The van der Waals surface area contributed by atoms with Crippen molar-refractivity contribution in [2.24, 2.45) is 11.1 Å². The van der Waals surface area contributed by atoms with E-state index in [9.17, 15) is 8.42 Å². The lowest BCUT2D eigenvalue weighted by Crippen LogP contribution is -2.53. The van der Waals surface area contributed by atoms with Crippen molar-refractivity contribution in [3.8, 4) is 0 Å². The summed E-state index contributed by atoms with van der Waals surface area (Å²) in [5, 5.41) is 8.58. The molecular formula is C13H20N4O2S. The summed E-state index contributed by atoms with van der Waals surface area (Å²) >= 11 is 0. The average molecular weight is 296 g/mol. The van der Waals surface area contributed by atoms with Crippen LogP contribution in [0.25, 0.3) is 0 Å². The summed E-state index contributed by atoms with van der Waals surface area (Å²) in [6.07, 6.45) is 2.45. The van der Waals surface area contributed by atoms with Crippen LogP contribution in [0.2, 0.25) is 0 Å². The van der Waals surface area contributed by atoms with Gasteiger partial charge in [0.1, 0.15) is 4.90 Å². The van der Waals surface area contributed by atoms with Crippen LogP contribution in [0.3, 0.4) is 0 Å². The van der Waals surface area contributed by atoms with Crippen LogP contribution in [0.4, 0.5) is 11.4 Å². The first-order chi connectivity index (χ1) is 9.43. The van der Waals surface area contributed by atoms with Crippen LogP contribution < -0.4 is 16.2 Å². The van der Waals surface area contributed by atoms with Gasteiger partial charge < -0.3 is 16.0 Å². The van der Waals surface area contributed by atoms with Crippen molar-refractivity contribution in [1.29, 1.82) is 0 Å². The van der Waals surface area contributed by atoms with Crippen LogP contribution in [0.1, 0.15) is 12.8 Å². The fourth-order valence-corrected chi connectivity index (χ4v) is 3.89. The highest BCUT2D eigenvalue weighted by atomic mass is 32.2. The third-order valence-corrected chi connectivity index (χ3v) is 5.31. The zero-order chi connectivity index (χ0) is 14.3. The largest absolute Gasteiger partial charge is 0.398 e. The molecule has 1 aromatic rings. The van der Waals surface area contributed by atoms with Gasteiger partial charge in [-0.25, -0.2) is 13.6 Å². The van der Waals surface area contributed by atoms with Gasteiger partial charge in [-0.1, -0.05) is 0 Å². The van der Waals surface area contributed by atoms with Gasteiger partial charge in [0.15, 0.2) is 0 Å². The second kappa shape index (κ2) is 4.91. The number of fused-ring (bicyclic) bond motifs is 3. The molecule has 7 heteroatoms. The standard InChI is InChI=1S/C13H20N4O2S/c14-11-7-10(1-2-13(11)20(15,18)19)16-12-8-17-5-3-9(12)4-6-17/h1-2,7,9,12,16H,3-6,8,14H2,(H2,15,18,19). The molecule has 2 bridgehead atoms. The van der Waals surface area contributed by atoms with Crippen LogP contribution in [0.15, 0.2) is 23.1 Å². The summed E-state index contributed by atoms with van der Waals surface area (Å²) in [5.41, 5.74) is 6.83. The summed E-state index contributed by atoms with van der Waals surface area (Å²) in [6.45, 7) is 3.42. The summed E-state index contributed by atoms with van der Waals surface area (Å²) in [6, 6.07) is 5.26. The lowest BCUT2D eigenvalue weighted by molar-refractivity contribution is 0.0975. The summed E-state index contributed by atoms with van der Waals surface area (Å²) < 4.78 is 22.7. The smallest absolute Gasteiger partial charge is 0.240 e. The normalized spacial score (nSPS) is 29.4. The molecule has 6 nitrogen and oxygen atoms in total. The molecule has 0 spiro atoms. The van der Waals surface area contributed by atoms with Gasteiger partial charge in [0.25, 0.3) is 0 Å². The highest BCUT2D eigenvalue weighted by Crippen LogP contribution is 2.30. The fourth-order valence-electron chi connectivity index (χ4n) is 3.24. The van der Waals surface area contributed by atoms with Crippen LogP contribution in [-0.4, -0.2) is 39.0 Å². The molecule has 1 atom stereocenters. The van der Waals surface area contributed by atoms with Gasteiger partial charge in [0.05, 0.1) is 5.69 Å². The maximum atomic E-state index is 11.3. The molecule has 3 aliphatic rings. The lowest BCUT2D eigenvalue weighted by atomic mass is 9.84. The van der Waals surface area contributed by atoms with E-state index in [-0.39, 0.29) is 10.6 Å². The monoisotopic (exact) mass is 296 g/mol. The van der Waals surface area contributed by atoms with Crippen LogP contribution in [0.5, 0.6) is 0 Å². The molecule has 3 heterocycles. The van der Waals surface area contributed by atoms with Crippen molar-refractivity contribution in [3.63, 3.8) is 0 Å². The molecule has 20 heavy (non-hydrogen) atoms. The van der Waals surface area contributed by atoms with Gasteiger partial charge in [-0.3, -0.25) is 0 Å². The van der Waals surface area contributed by atoms with Crippen LogP contribution in [-0.2, 0) is 10.0 Å². The second-order valence-corrected chi connectivity index (χ2v) is 7.22. The third-order valence-electron chi connectivity index (χ3n) is 4.32. The van der Waals surface area contributed by atoms with Crippen molar-refractivity contribution in [3.05, 3.63) is 18.2 Å². The number of nitrogen functional groups attached to an aromatic ring is 1. The van der Waals surface area contributed by atoms with Crippen molar-refractivity contribution >= 4 is 21.4 Å². The highest BCUT2D eigenvalue weighted by Gasteiger charge is 2.33. The van der Waals surface area contributed by atoms with E-state index < -0.39 is 10.0 Å². The average Bonchev–Trinajstić information content (AvgIpc) is 2.38. The first-order valence-corrected chi connectivity index (χ1v) is 8.39. The Morgan fingerprint density at radius 3 is 2.45 bits per heavy atom. The number of nitrogens with zero attached hydrogens (tertiary/aromatic N) is 1. The zero-order valence-electron chi connectivity index (χ0n) is 11.2. The van der Waals surface area contributed by atoms with Gasteiger partial charge in [0, 0.05) is 18.3 Å². The summed E-state index contributed by atoms with van der Waals surface area (Å²) in [5.74, 6) is 0.694. The number of nitrogens with one attached hydrogen (secondary N) is 1. The molecule has 0 aliphatic carbocycles. The zero-order valence-corrected chi connectivity index (χ0v) is 12.1. The Hall–Kier alpha value is -1.31. The van der Waals surface area contributed by atoms with Gasteiger partial charge in [0.2, 0.25) is 10.0 Å². The molecule has 0 aromatic heterocycles. The van der Waals surface area contributed by atoms with Gasteiger partial charge in [-0.2, -0.15) is 0 Å². The molecule has 0 saturated carbocycles. The Morgan fingerprint density at radius 2 is 1.95 bits per heavy atom. The van der Waals surface area contributed by atoms with Gasteiger partial charge in [-0.05, 0) is 50.0 Å². The quantitative estimate of drug-likeness (QED) is 0.702. The molecule has 0 amide bonds. The van der Waals surface area contributed by atoms with E-state index in [2.05, 4.69) is 10.2 Å². The number of benzene rings is 1. The van der Waals surface area contributed by atoms with E-state index in [1.54, 1.807) is 12.1 Å². The van der Waals surface area contributed by atoms with Crippen LogP contribution in [0, 0.1) is 5.92 Å². The molecule has 1 unspecified atom stereocenters. The lowest BCUT2D eigenvalue weighted by Gasteiger charge is -2.45. The van der Waals surface area contributed by atoms with E-state index in [1.807, 2.05) is 0 Å². The predicted octanol–water partition coefficient (Wildman–Crippen LogP) is 0.422. The van der Waals surface area contributed by atoms with Crippen molar-refractivity contribution < 1.29 is 8.42 Å². The number of sulfonamides is 1. The number of anilines is 2. The number of hydrogen-bond donors (Lipinski definition) is 3. The number of rotatable bonds is 3. The Labute approximate surface area is 119 Å². The molecule has 3 aliphatic heterocycles. The van der Waals surface area contributed by atoms with E-state index in [0.29, 0.717) is 12.0 Å². The van der Waals surface area contributed by atoms with E-state index in [1.165, 1.54) is 32.0 Å². The Balaban J connectivity index is 1.77. The Bertz CT molecular complexity index is 609. The molecule has 3 saturated heterocycles. The molecule has 0 radical (unpaired) electrons. The Kier molecular flexibility index (Phi) is 3.35. The first kappa shape index (κ1) is 13.7. The maximum absolute atomic E-state index is 11.3. The topological polar surface area (TPSA) is 101 Å². The van der Waals surface area contributed by atoms with Crippen molar-refractivity contribution in [2.45, 2.75) is 23.8 Å². The number of nitrogens with two attached hydrogens (primary N) is 2. The summed E-state index contributed by atoms with van der Waals surface area (Å²) in [7, 11) is -3.75. The third kappa shape index (κ3) is 2.61. The maximum Gasteiger partial charge on any atom is 0.240 e. The van der Waals surface area contributed by atoms with E-state index in [4.69, 9.17) is 10.9 Å². The van der Waals surface area contributed by atoms with Gasteiger partial charge in [-0.15, -0.1) is 0 Å². The first-order valence-electron chi connectivity index (χ1n) is 6.85. The number of piperidine rings is 3. The molecule has 4 rings (SSSR count). The van der Waals surface area contributed by atoms with Crippen molar-refractivity contribution in [2.75, 3.05) is 30.7 Å². The minimum absolute atomic E-state index is 0.0167. The minimum atomic E-state index is -3.75. The van der Waals surface area contributed by atoms with E-state index >= 15 is 0 Å². The molecule has 3 fully saturated rings.